The molecule has 1 amide bonds. The van der Waals surface area contributed by atoms with Gasteiger partial charge in [-0.1, -0.05) is 17.7 Å². The van der Waals surface area contributed by atoms with Gasteiger partial charge in [-0.3, -0.25) is 9.69 Å². The Hall–Kier alpha value is -2.97. The maximum Gasteiger partial charge on any atom is 0.341 e. The van der Waals surface area contributed by atoms with Gasteiger partial charge in [-0.15, -0.1) is 0 Å². The Kier molecular flexibility index (Phi) is 6.46. The van der Waals surface area contributed by atoms with Gasteiger partial charge in [0.15, 0.2) is 23.3 Å². The lowest BCUT2D eigenvalue weighted by molar-refractivity contribution is -0.139. The minimum absolute atomic E-state index is 0.173. The molecule has 7 nitrogen and oxygen atoms in total. The van der Waals surface area contributed by atoms with Gasteiger partial charge < -0.3 is 14.6 Å². The second-order valence-corrected chi connectivity index (χ2v) is 7.38. The Bertz CT molecular complexity index is 1000. The van der Waals surface area contributed by atoms with E-state index in [0.717, 1.165) is 0 Å². The third-order valence-corrected chi connectivity index (χ3v) is 5.20. The van der Waals surface area contributed by atoms with Gasteiger partial charge >= 0.3 is 5.97 Å². The average molecular weight is 433 g/mol. The molecule has 0 saturated carbocycles. The Morgan fingerprint density at radius 3 is 2.62 bits per heavy atom. The summed E-state index contributed by atoms with van der Waals surface area (Å²) in [6.07, 6.45) is 1.72. The largest absolute Gasteiger partial charge is 0.493 e. The van der Waals surface area contributed by atoms with Crippen molar-refractivity contribution in [1.82, 2.24) is 4.90 Å². The number of benzene rings is 2. The first kappa shape index (κ1) is 20.8. The number of carbonyl (C=O) groups excluding carboxylic acids is 1. The highest BCUT2D eigenvalue weighted by atomic mass is 35.5. The zero-order valence-corrected chi connectivity index (χ0v) is 17.2. The predicted molar refractivity (Wildman–Crippen MR) is 113 cm³/mol. The third kappa shape index (κ3) is 5.10. The molecule has 1 aliphatic rings. The second kappa shape index (κ2) is 9.02. The summed E-state index contributed by atoms with van der Waals surface area (Å²) in [6, 6.07) is 12.0. The van der Waals surface area contributed by atoms with Crippen LogP contribution in [-0.4, -0.2) is 47.8 Å². The fourth-order valence-electron chi connectivity index (χ4n) is 2.46. The minimum Gasteiger partial charge on any atom is -0.493 e. The van der Waals surface area contributed by atoms with Crippen molar-refractivity contribution in [3.63, 3.8) is 0 Å². The monoisotopic (exact) mass is 432 g/mol. The smallest absolute Gasteiger partial charge is 0.341 e. The van der Waals surface area contributed by atoms with Crippen molar-refractivity contribution in [2.24, 2.45) is 4.99 Å². The molecule has 0 atom stereocenters. The lowest BCUT2D eigenvalue weighted by Gasteiger charge is -2.09. The summed E-state index contributed by atoms with van der Waals surface area (Å²) in [6.45, 7) is -0.472. The first-order valence-electron chi connectivity index (χ1n) is 8.42. The van der Waals surface area contributed by atoms with E-state index in [2.05, 4.69) is 4.99 Å². The Balaban J connectivity index is 1.83. The Labute approximate surface area is 176 Å². The molecule has 1 aliphatic heterocycles. The van der Waals surface area contributed by atoms with Crippen LogP contribution >= 0.6 is 23.4 Å². The van der Waals surface area contributed by atoms with Gasteiger partial charge in [-0.2, -0.15) is 0 Å². The molecule has 0 aromatic heterocycles. The number of rotatable bonds is 6. The maximum atomic E-state index is 12.6. The quantitative estimate of drug-likeness (QED) is 0.693. The summed E-state index contributed by atoms with van der Waals surface area (Å²) in [4.78, 5) is 29.7. The number of amidine groups is 1. The highest BCUT2D eigenvalue weighted by Gasteiger charge is 2.30. The van der Waals surface area contributed by atoms with Crippen molar-refractivity contribution in [1.29, 1.82) is 0 Å². The number of ether oxygens (including phenoxy) is 2. The summed E-state index contributed by atoms with van der Waals surface area (Å²) in [5.41, 5.74) is 1.40. The molecule has 0 unspecified atom stereocenters. The van der Waals surface area contributed by atoms with Crippen molar-refractivity contribution < 1.29 is 24.2 Å². The molecule has 0 bridgehead atoms. The van der Waals surface area contributed by atoms with Crippen LogP contribution in [0.4, 0.5) is 5.69 Å². The molecule has 0 spiro atoms. The number of halogens is 1. The van der Waals surface area contributed by atoms with Crippen LogP contribution in [0.2, 0.25) is 5.02 Å². The van der Waals surface area contributed by atoms with Crippen molar-refractivity contribution >= 4 is 52.2 Å². The second-order valence-electron chi connectivity index (χ2n) is 5.94. The van der Waals surface area contributed by atoms with Crippen molar-refractivity contribution in [2.75, 3.05) is 20.8 Å². The molecule has 3 rings (SSSR count). The summed E-state index contributed by atoms with van der Waals surface area (Å²) in [5.74, 6) is -0.571. The Morgan fingerprint density at radius 1 is 1.24 bits per heavy atom. The predicted octanol–water partition coefficient (Wildman–Crippen LogP) is 4.05. The van der Waals surface area contributed by atoms with Crippen LogP contribution in [0.1, 0.15) is 5.56 Å². The number of likely N-dealkylation sites (N-methyl/N-ethyl adjacent to an activating group) is 1. The van der Waals surface area contributed by atoms with Crippen LogP contribution < -0.4 is 9.47 Å². The molecule has 9 heteroatoms. The van der Waals surface area contributed by atoms with Gasteiger partial charge in [0.1, 0.15) is 0 Å². The number of nitrogens with zero attached hydrogens (tertiary/aromatic N) is 2. The zero-order chi connectivity index (χ0) is 21.0. The number of thioether (sulfide) groups is 1. The van der Waals surface area contributed by atoms with E-state index in [1.807, 2.05) is 0 Å². The number of amides is 1. The number of methoxy groups -OCH3 is 1. The van der Waals surface area contributed by atoms with Gasteiger partial charge in [0.25, 0.3) is 5.91 Å². The van der Waals surface area contributed by atoms with E-state index in [4.69, 9.17) is 26.2 Å². The van der Waals surface area contributed by atoms with Gasteiger partial charge in [0.2, 0.25) is 0 Å². The molecular weight excluding hydrogens is 416 g/mol. The van der Waals surface area contributed by atoms with Crippen LogP contribution in [-0.2, 0) is 9.59 Å². The van der Waals surface area contributed by atoms with E-state index < -0.39 is 12.6 Å². The number of carboxylic acid groups (broad SMARTS) is 1. The van der Waals surface area contributed by atoms with Crippen LogP contribution in [0, 0.1) is 0 Å². The van der Waals surface area contributed by atoms with E-state index in [0.29, 0.717) is 37.8 Å². The first-order valence-corrected chi connectivity index (χ1v) is 9.61. The summed E-state index contributed by atoms with van der Waals surface area (Å²) in [7, 11) is 3.12. The van der Waals surface area contributed by atoms with Crippen molar-refractivity contribution in [3.8, 4) is 11.5 Å². The van der Waals surface area contributed by atoms with Gasteiger partial charge in [-0.25, -0.2) is 9.79 Å². The molecule has 0 aliphatic carbocycles. The van der Waals surface area contributed by atoms with Crippen LogP contribution in [0.5, 0.6) is 11.5 Å². The van der Waals surface area contributed by atoms with E-state index in [1.165, 1.54) is 23.8 Å². The van der Waals surface area contributed by atoms with Crippen molar-refractivity contribution in [3.05, 3.63) is 58.0 Å². The topological polar surface area (TPSA) is 88.4 Å². The lowest BCUT2D eigenvalue weighted by atomic mass is 10.2. The number of aliphatic carboxylic acids is 1. The molecule has 1 fully saturated rings. The molecule has 2 aromatic carbocycles. The number of carboxylic acids is 1. The van der Waals surface area contributed by atoms with Crippen LogP contribution in [0.15, 0.2) is 52.4 Å². The number of carbonyl (C=O) groups is 2. The normalized spacial score (nSPS) is 16.5. The lowest BCUT2D eigenvalue weighted by Crippen LogP contribution is -2.23. The van der Waals surface area contributed by atoms with Crippen molar-refractivity contribution in [2.45, 2.75) is 0 Å². The highest BCUT2D eigenvalue weighted by molar-refractivity contribution is 8.18. The highest BCUT2D eigenvalue weighted by Crippen LogP contribution is 2.35. The van der Waals surface area contributed by atoms with Gasteiger partial charge in [0.05, 0.1) is 17.7 Å². The SMILES string of the molecule is COc1cc(/C=C2\SC(=Nc3ccc(Cl)cc3)N(C)C2=O)ccc1OCC(=O)O. The number of aliphatic imine (C=N–C) groups is 1. The average Bonchev–Trinajstić information content (AvgIpc) is 2.96. The first-order chi connectivity index (χ1) is 13.9. The summed E-state index contributed by atoms with van der Waals surface area (Å²) >= 11 is 7.15. The van der Waals surface area contributed by atoms with E-state index in [-0.39, 0.29) is 5.91 Å². The minimum atomic E-state index is -1.08. The molecule has 0 radical (unpaired) electrons. The molecule has 1 N–H and O–H groups in total. The number of hydrogen-bond donors (Lipinski definition) is 1. The fourth-order valence-corrected chi connectivity index (χ4v) is 3.57. The van der Waals surface area contributed by atoms with Crippen LogP contribution in [0.3, 0.4) is 0 Å². The molecule has 2 aromatic rings. The van der Waals surface area contributed by atoms with Gasteiger partial charge in [0, 0.05) is 12.1 Å². The molecule has 1 heterocycles. The summed E-state index contributed by atoms with van der Waals surface area (Å²) in [5, 5.41) is 9.91. The Morgan fingerprint density at radius 2 is 1.97 bits per heavy atom. The summed E-state index contributed by atoms with van der Waals surface area (Å²) < 4.78 is 10.4. The third-order valence-electron chi connectivity index (χ3n) is 3.89. The molecule has 1 saturated heterocycles. The molecule has 150 valence electrons. The maximum absolute atomic E-state index is 12.6. The standard InChI is InChI=1S/C20H17ClN2O5S/c1-23-19(26)17(29-20(23)22-14-6-4-13(21)5-7-14)10-12-3-8-15(16(9-12)27-2)28-11-18(24)25/h3-10H,11H2,1-2H3,(H,24,25)/b17-10-,22-20?. The van der Waals surface area contributed by atoms with Gasteiger partial charge in [-0.05, 0) is 59.8 Å². The van der Waals surface area contributed by atoms with E-state index in [9.17, 15) is 9.59 Å². The zero-order valence-electron chi connectivity index (χ0n) is 15.6. The van der Waals surface area contributed by atoms with E-state index >= 15 is 0 Å². The molecular formula is C20H17ClN2O5S. The fraction of sp³-hybridized carbons (Fsp3) is 0.150. The van der Waals surface area contributed by atoms with Crippen LogP contribution in [0.25, 0.3) is 6.08 Å². The van der Waals surface area contributed by atoms with E-state index in [1.54, 1.807) is 55.6 Å². The molecule has 29 heavy (non-hydrogen) atoms. The number of hydrogen-bond acceptors (Lipinski definition) is 6.